The van der Waals surface area contributed by atoms with Gasteiger partial charge in [-0.3, -0.25) is 0 Å². The van der Waals surface area contributed by atoms with E-state index in [0.717, 1.165) is 18.8 Å². The Hall–Kier alpha value is -1.49. The van der Waals surface area contributed by atoms with Crippen LogP contribution >= 0.6 is 0 Å². The Morgan fingerprint density at radius 2 is 2.28 bits per heavy atom. The maximum Gasteiger partial charge on any atom is 0.239 e. The van der Waals surface area contributed by atoms with Crippen LogP contribution in [0.1, 0.15) is 26.2 Å². The molecule has 4 N–H and O–H groups in total. The summed E-state index contributed by atoms with van der Waals surface area (Å²) in [6.45, 7) is 3.55. The minimum Gasteiger partial charge on any atom is -0.476 e. The zero-order valence-corrected chi connectivity index (χ0v) is 10.8. The number of nitrogen functional groups attached to an aromatic ring is 1. The van der Waals surface area contributed by atoms with Crippen LogP contribution in [0.15, 0.2) is 12.1 Å². The first-order valence-corrected chi connectivity index (χ1v) is 6.43. The lowest BCUT2D eigenvalue weighted by Crippen LogP contribution is -2.17. The van der Waals surface area contributed by atoms with Crippen molar-refractivity contribution in [2.45, 2.75) is 26.2 Å². The standard InChI is InChI=1S/C13H21N3O2/c1-2-18-12-10(14)3-4-11(16-12)15-9-13(5-6-13)7-8-17/h3-4,17H,2,5-9,14H2,1H3,(H,15,16). The van der Waals surface area contributed by atoms with Crippen LogP contribution in [0, 0.1) is 5.41 Å². The van der Waals surface area contributed by atoms with Gasteiger partial charge < -0.3 is 20.9 Å². The maximum atomic E-state index is 9.01. The second-order valence-electron chi connectivity index (χ2n) is 4.85. The molecule has 0 radical (unpaired) electrons. The molecule has 1 aliphatic rings. The third-order valence-electron chi connectivity index (χ3n) is 3.41. The second-order valence-corrected chi connectivity index (χ2v) is 4.85. The van der Waals surface area contributed by atoms with E-state index >= 15 is 0 Å². The summed E-state index contributed by atoms with van der Waals surface area (Å²) in [4.78, 5) is 4.33. The number of aliphatic hydroxyl groups is 1. The SMILES string of the molecule is CCOc1nc(NCC2(CCO)CC2)ccc1N. The van der Waals surface area contributed by atoms with Crippen LogP contribution in [0.25, 0.3) is 0 Å². The van der Waals surface area contributed by atoms with E-state index in [4.69, 9.17) is 15.6 Å². The minimum atomic E-state index is 0.251. The van der Waals surface area contributed by atoms with E-state index in [0.29, 0.717) is 18.2 Å². The van der Waals surface area contributed by atoms with E-state index in [-0.39, 0.29) is 12.0 Å². The second kappa shape index (κ2) is 5.44. The first kappa shape index (κ1) is 13.0. The molecule has 1 aromatic heterocycles. The highest BCUT2D eigenvalue weighted by atomic mass is 16.5. The first-order chi connectivity index (χ1) is 8.69. The van der Waals surface area contributed by atoms with Gasteiger partial charge in [-0.25, -0.2) is 0 Å². The van der Waals surface area contributed by atoms with E-state index < -0.39 is 0 Å². The molecule has 100 valence electrons. The molecule has 0 atom stereocenters. The predicted molar refractivity (Wildman–Crippen MR) is 71.7 cm³/mol. The molecule has 0 saturated heterocycles. The quantitative estimate of drug-likeness (QED) is 0.686. The number of anilines is 2. The molecule has 0 bridgehead atoms. The lowest BCUT2D eigenvalue weighted by atomic mass is 10.0. The molecule has 1 heterocycles. The van der Waals surface area contributed by atoms with Crippen molar-refractivity contribution in [3.05, 3.63) is 12.1 Å². The van der Waals surface area contributed by atoms with Crippen LogP contribution in [0.2, 0.25) is 0 Å². The third-order valence-corrected chi connectivity index (χ3v) is 3.41. The van der Waals surface area contributed by atoms with E-state index in [2.05, 4.69) is 10.3 Å². The fraction of sp³-hybridized carbons (Fsp3) is 0.615. The summed E-state index contributed by atoms with van der Waals surface area (Å²) < 4.78 is 5.36. The highest BCUT2D eigenvalue weighted by Crippen LogP contribution is 2.48. The van der Waals surface area contributed by atoms with Crippen molar-refractivity contribution in [3.63, 3.8) is 0 Å². The fourth-order valence-electron chi connectivity index (χ4n) is 2.01. The zero-order chi connectivity index (χ0) is 13.0. The largest absolute Gasteiger partial charge is 0.476 e. The molecule has 1 aliphatic carbocycles. The molecule has 0 unspecified atom stereocenters. The summed E-state index contributed by atoms with van der Waals surface area (Å²) in [6.07, 6.45) is 3.20. The van der Waals surface area contributed by atoms with Gasteiger partial charge in [0.15, 0.2) is 0 Å². The molecule has 2 rings (SSSR count). The van der Waals surface area contributed by atoms with Crippen LogP contribution in [0.4, 0.5) is 11.5 Å². The molecule has 5 heteroatoms. The lowest BCUT2D eigenvalue weighted by Gasteiger charge is -2.15. The molecule has 0 amide bonds. The van der Waals surface area contributed by atoms with Crippen molar-refractivity contribution >= 4 is 11.5 Å². The van der Waals surface area contributed by atoms with Gasteiger partial charge in [0, 0.05) is 13.2 Å². The van der Waals surface area contributed by atoms with Gasteiger partial charge in [0.25, 0.3) is 0 Å². The van der Waals surface area contributed by atoms with Gasteiger partial charge in [0.1, 0.15) is 5.82 Å². The van der Waals surface area contributed by atoms with Crippen molar-refractivity contribution < 1.29 is 9.84 Å². The van der Waals surface area contributed by atoms with Gasteiger partial charge >= 0.3 is 0 Å². The van der Waals surface area contributed by atoms with Gasteiger partial charge in [-0.05, 0) is 43.7 Å². The number of pyridine rings is 1. The summed E-state index contributed by atoms with van der Waals surface area (Å²) in [7, 11) is 0. The van der Waals surface area contributed by atoms with E-state index in [1.54, 1.807) is 6.07 Å². The van der Waals surface area contributed by atoms with E-state index in [1.807, 2.05) is 13.0 Å². The maximum absolute atomic E-state index is 9.01. The summed E-state index contributed by atoms with van der Waals surface area (Å²) in [5.74, 6) is 1.26. The van der Waals surface area contributed by atoms with Crippen molar-refractivity contribution in [2.24, 2.45) is 5.41 Å². The predicted octanol–water partition coefficient (Wildman–Crippen LogP) is 1.64. The van der Waals surface area contributed by atoms with Crippen molar-refractivity contribution in [1.82, 2.24) is 4.98 Å². The summed E-state index contributed by atoms with van der Waals surface area (Å²) in [5, 5.41) is 12.3. The van der Waals surface area contributed by atoms with Crippen LogP contribution < -0.4 is 15.8 Å². The van der Waals surface area contributed by atoms with Crippen LogP contribution in [0.5, 0.6) is 5.88 Å². The topological polar surface area (TPSA) is 80.4 Å². The monoisotopic (exact) mass is 251 g/mol. The van der Waals surface area contributed by atoms with Gasteiger partial charge in [0.2, 0.25) is 5.88 Å². The smallest absolute Gasteiger partial charge is 0.239 e. The number of nitrogens with one attached hydrogen (secondary N) is 1. The fourth-order valence-corrected chi connectivity index (χ4v) is 2.01. The number of rotatable bonds is 7. The molecule has 18 heavy (non-hydrogen) atoms. The number of hydrogen-bond acceptors (Lipinski definition) is 5. The average Bonchev–Trinajstić information content (AvgIpc) is 3.11. The minimum absolute atomic E-state index is 0.251. The Bertz CT molecular complexity index is 405. The molecular weight excluding hydrogens is 230 g/mol. The summed E-state index contributed by atoms with van der Waals surface area (Å²) >= 11 is 0. The number of nitrogens with two attached hydrogens (primary N) is 1. The Morgan fingerprint density at radius 1 is 1.50 bits per heavy atom. The average molecular weight is 251 g/mol. The van der Waals surface area contributed by atoms with E-state index in [1.165, 1.54) is 12.8 Å². The molecule has 1 saturated carbocycles. The van der Waals surface area contributed by atoms with Crippen molar-refractivity contribution in [2.75, 3.05) is 30.8 Å². The zero-order valence-electron chi connectivity index (χ0n) is 10.8. The Kier molecular flexibility index (Phi) is 3.91. The van der Waals surface area contributed by atoms with Gasteiger partial charge in [-0.15, -0.1) is 0 Å². The number of aliphatic hydroxyl groups excluding tert-OH is 1. The highest BCUT2D eigenvalue weighted by Gasteiger charge is 2.41. The molecule has 1 aromatic rings. The van der Waals surface area contributed by atoms with Crippen LogP contribution in [-0.2, 0) is 0 Å². The third kappa shape index (κ3) is 3.04. The Labute approximate surface area is 107 Å². The van der Waals surface area contributed by atoms with E-state index in [9.17, 15) is 0 Å². The van der Waals surface area contributed by atoms with Crippen molar-refractivity contribution in [3.8, 4) is 5.88 Å². The molecule has 0 aromatic carbocycles. The Morgan fingerprint density at radius 3 is 2.89 bits per heavy atom. The number of aromatic nitrogens is 1. The normalized spacial score (nSPS) is 16.3. The van der Waals surface area contributed by atoms with Gasteiger partial charge in [0.05, 0.1) is 12.3 Å². The number of nitrogens with zero attached hydrogens (tertiary/aromatic N) is 1. The molecule has 1 fully saturated rings. The van der Waals surface area contributed by atoms with Gasteiger partial charge in [-0.2, -0.15) is 4.98 Å². The summed E-state index contributed by atoms with van der Waals surface area (Å²) in [5.41, 5.74) is 6.59. The summed E-state index contributed by atoms with van der Waals surface area (Å²) in [6, 6.07) is 3.65. The molecule has 5 nitrogen and oxygen atoms in total. The van der Waals surface area contributed by atoms with Gasteiger partial charge in [-0.1, -0.05) is 0 Å². The van der Waals surface area contributed by atoms with Crippen LogP contribution in [-0.4, -0.2) is 29.8 Å². The Balaban J connectivity index is 1.95. The van der Waals surface area contributed by atoms with Crippen molar-refractivity contribution in [1.29, 1.82) is 0 Å². The molecule has 0 spiro atoms. The number of ether oxygens (including phenoxy) is 1. The molecule has 0 aliphatic heterocycles. The highest BCUT2D eigenvalue weighted by molar-refractivity contribution is 5.53. The molecular formula is C13H21N3O2. The first-order valence-electron chi connectivity index (χ1n) is 6.43. The lowest BCUT2D eigenvalue weighted by molar-refractivity contribution is 0.253. The number of hydrogen-bond donors (Lipinski definition) is 3. The van der Waals surface area contributed by atoms with Crippen LogP contribution in [0.3, 0.4) is 0 Å².